The van der Waals surface area contributed by atoms with Crippen molar-refractivity contribution in [3.63, 3.8) is 0 Å². The Hall–Kier alpha value is -3.79. The molecule has 5 rings (SSSR count). The molecule has 3 N–H and O–H groups in total. The number of urea groups is 1. The van der Waals surface area contributed by atoms with Crippen LogP contribution in [0.25, 0.3) is 0 Å². The predicted molar refractivity (Wildman–Crippen MR) is 124 cm³/mol. The molecule has 10 heteroatoms. The number of carbonyl (C=O) groups excluding carboxylic acids is 4. The first-order valence-corrected chi connectivity index (χ1v) is 11.6. The second kappa shape index (κ2) is 9.10. The van der Waals surface area contributed by atoms with E-state index in [-0.39, 0.29) is 24.3 Å². The molecule has 2 heterocycles. The van der Waals surface area contributed by atoms with Gasteiger partial charge in [-0.2, -0.15) is 0 Å². The number of hydrogen-bond acceptors (Lipinski definition) is 5. The molecule has 9 nitrogen and oxygen atoms in total. The Morgan fingerprint density at radius 1 is 1.03 bits per heavy atom. The molecule has 0 bridgehead atoms. The summed E-state index contributed by atoms with van der Waals surface area (Å²) in [5, 5.41) is 2.72. The zero-order valence-corrected chi connectivity index (χ0v) is 18.9. The first-order valence-electron chi connectivity index (χ1n) is 11.6. The van der Waals surface area contributed by atoms with E-state index in [2.05, 4.69) is 5.32 Å². The van der Waals surface area contributed by atoms with Gasteiger partial charge in [-0.1, -0.05) is 12.8 Å². The summed E-state index contributed by atoms with van der Waals surface area (Å²) in [5.74, 6) is -2.08. The predicted octanol–water partition coefficient (Wildman–Crippen LogP) is 2.66. The number of amides is 5. The lowest BCUT2D eigenvalue weighted by molar-refractivity contribution is -0.133. The van der Waals surface area contributed by atoms with Gasteiger partial charge in [-0.15, -0.1) is 0 Å². The lowest BCUT2D eigenvalue weighted by Gasteiger charge is -2.42. The van der Waals surface area contributed by atoms with E-state index >= 15 is 0 Å². The Balaban J connectivity index is 1.42. The standard InChI is InChI=1S/C25H25FN4O5/c26-15-7-11-17(12-8-15)30-24(33)22-21(18-3-1-2-4-19(18)35-22)29(25(30)34)13-20(31)28-16-9-5-14(6-10-16)23(27)32/h5-12,18-19,21-22H,1-4,13H2,(H2,27,32)(H,28,31). The molecule has 0 radical (unpaired) electrons. The van der Waals surface area contributed by atoms with E-state index in [4.69, 9.17) is 10.5 Å². The van der Waals surface area contributed by atoms with Crippen LogP contribution >= 0.6 is 0 Å². The van der Waals surface area contributed by atoms with Crippen molar-refractivity contribution in [2.24, 2.45) is 11.7 Å². The first kappa shape index (κ1) is 23.0. The van der Waals surface area contributed by atoms with Gasteiger partial charge in [0.05, 0.1) is 17.8 Å². The highest BCUT2D eigenvalue weighted by Gasteiger charge is 2.58. The van der Waals surface area contributed by atoms with Crippen LogP contribution in [0.5, 0.6) is 0 Å². The van der Waals surface area contributed by atoms with E-state index in [0.29, 0.717) is 11.3 Å². The highest BCUT2D eigenvalue weighted by Crippen LogP contribution is 2.43. The summed E-state index contributed by atoms with van der Waals surface area (Å²) in [6.45, 7) is -0.297. The number of ether oxygens (including phenoxy) is 1. The molecule has 0 aromatic heterocycles. The lowest BCUT2D eigenvalue weighted by atomic mass is 9.81. The van der Waals surface area contributed by atoms with Crippen LogP contribution in [0.2, 0.25) is 0 Å². The van der Waals surface area contributed by atoms with Gasteiger partial charge in [0.2, 0.25) is 11.8 Å². The van der Waals surface area contributed by atoms with E-state index in [1.807, 2.05) is 0 Å². The van der Waals surface area contributed by atoms with Gasteiger partial charge in [0.15, 0.2) is 6.10 Å². The summed E-state index contributed by atoms with van der Waals surface area (Å²) in [6.07, 6.45) is 2.48. The number of hydrogen-bond donors (Lipinski definition) is 2. The third kappa shape index (κ3) is 4.25. The fourth-order valence-corrected chi connectivity index (χ4v) is 5.33. The molecule has 2 aliphatic heterocycles. The topological polar surface area (TPSA) is 122 Å². The van der Waals surface area contributed by atoms with Gasteiger partial charge >= 0.3 is 6.03 Å². The molecule has 5 amide bonds. The smallest absolute Gasteiger partial charge is 0.332 e. The van der Waals surface area contributed by atoms with Gasteiger partial charge in [0.25, 0.3) is 5.91 Å². The van der Waals surface area contributed by atoms with Crippen molar-refractivity contribution in [2.75, 3.05) is 16.8 Å². The van der Waals surface area contributed by atoms with E-state index < -0.39 is 41.7 Å². The zero-order valence-electron chi connectivity index (χ0n) is 18.9. The average Bonchev–Trinajstić information content (AvgIpc) is 3.23. The van der Waals surface area contributed by atoms with Gasteiger partial charge in [0, 0.05) is 17.2 Å². The van der Waals surface area contributed by atoms with Crippen molar-refractivity contribution in [3.8, 4) is 0 Å². The molecular weight excluding hydrogens is 455 g/mol. The minimum absolute atomic E-state index is 0.0420. The van der Waals surface area contributed by atoms with Crippen LogP contribution in [-0.4, -0.2) is 53.4 Å². The summed E-state index contributed by atoms with van der Waals surface area (Å²) in [5.41, 5.74) is 6.20. The number of carbonyl (C=O) groups is 4. The largest absolute Gasteiger partial charge is 0.366 e. The molecule has 3 aliphatic rings. The Morgan fingerprint density at radius 2 is 1.71 bits per heavy atom. The Bertz CT molecular complexity index is 1170. The molecule has 35 heavy (non-hydrogen) atoms. The van der Waals surface area contributed by atoms with Crippen LogP contribution in [0.15, 0.2) is 48.5 Å². The van der Waals surface area contributed by atoms with Crippen molar-refractivity contribution in [1.29, 1.82) is 0 Å². The maximum Gasteiger partial charge on any atom is 0.332 e. The van der Waals surface area contributed by atoms with Crippen LogP contribution in [0, 0.1) is 11.7 Å². The van der Waals surface area contributed by atoms with Crippen molar-refractivity contribution in [3.05, 3.63) is 59.9 Å². The van der Waals surface area contributed by atoms with E-state index in [0.717, 1.165) is 30.6 Å². The second-order valence-corrected chi connectivity index (χ2v) is 9.08. The Kier molecular flexibility index (Phi) is 5.98. The average molecular weight is 480 g/mol. The van der Waals surface area contributed by atoms with Crippen LogP contribution in [0.4, 0.5) is 20.6 Å². The SMILES string of the molecule is NC(=O)c1ccc(NC(=O)CN2C(=O)N(c3ccc(F)cc3)C(=O)C3OC4CCCCC4C32)cc1. The number of nitrogens with zero attached hydrogens (tertiary/aromatic N) is 2. The summed E-state index contributed by atoms with van der Waals surface area (Å²) < 4.78 is 19.6. The van der Waals surface area contributed by atoms with Gasteiger partial charge in [0.1, 0.15) is 12.4 Å². The normalized spacial score (nSPS) is 25.7. The van der Waals surface area contributed by atoms with E-state index in [9.17, 15) is 23.6 Å². The summed E-state index contributed by atoms with van der Waals surface area (Å²) in [6, 6.07) is 9.92. The number of anilines is 2. The molecule has 2 aromatic carbocycles. The van der Waals surface area contributed by atoms with E-state index in [1.165, 1.54) is 41.3 Å². The summed E-state index contributed by atoms with van der Waals surface area (Å²) >= 11 is 0. The van der Waals surface area contributed by atoms with Crippen molar-refractivity contribution in [1.82, 2.24) is 4.90 Å². The van der Waals surface area contributed by atoms with Crippen LogP contribution in [0.3, 0.4) is 0 Å². The summed E-state index contributed by atoms with van der Waals surface area (Å²) in [7, 11) is 0. The molecule has 3 fully saturated rings. The second-order valence-electron chi connectivity index (χ2n) is 9.08. The Labute approximate surface area is 201 Å². The third-order valence-electron chi connectivity index (χ3n) is 6.94. The minimum atomic E-state index is -0.895. The van der Waals surface area contributed by atoms with Crippen molar-refractivity contribution >= 4 is 35.1 Å². The molecule has 4 unspecified atom stereocenters. The number of imide groups is 1. The molecule has 182 valence electrons. The number of fused-ring (bicyclic) bond motifs is 3. The maximum absolute atomic E-state index is 13.6. The summed E-state index contributed by atoms with van der Waals surface area (Å²) in [4.78, 5) is 53.6. The number of halogens is 1. The zero-order chi connectivity index (χ0) is 24.7. The van der Waals surface area contributed by atoms with Gasteiger partial charge in [-0.25, -0.2) is 14.1 Å². The van der Waals surface area contributed by atoms with Gasteiger partial charge in [-0.05, 0) is 61.4 Å². The molecule has 2 saturated heterocycles. The number of benzene rings is 2. The monoisotopic (exact) mass is 480 g/mol. The van der Waals surface area contributed by atoms with Crippen LogP contribution in [0.1, 0.15) is 36.0 Å². The molecule has 1 saturated carbocycles. The van der Waals surface area contributed by atoms with E-state index in [1.54, 1.807) is 12.1 Å². The fourth-order valence-electron chi connectivity index (χ4n) is 5.33. The molecule has 0 spiro atoms. The number of primary amides is 1. The highest BCUT2D eigenvalue weighted by molar-refractivity contribution is 6.18. The minimum Gasteiger partial charge on any atom is -0.366 e. The van der Waals surface area contributed by atoms with Crippen molar-refractivity contribution in [2.45, 2.75) is 43.9 Å². The molecule has 4 atom stereocenters. The first-order chi connectivity index (χ1) is 16.8. The molecule has 2 aromatic rings. The number of rotatable bonds is 5. The lowest BCUT2D eigenvalue weighted by Crippen LogP contribution is -2.65. The number of nitrogens with one attached hydrogen (secondary N) is 1. The Morgan fingerprint density at radius 3 is 2.40 bits per heavy atom. The highest BCUT2D eigenvalue weighted by atomic mass is 19.1. The van der Waals surface area contributed by atoms with Crippen molar-refractivity contribution < 1.29 is 28.3 Å². The fraction of sp³-hybridized carbons (Fsp3) is 0.360. The van der Waals surface area contributed by atoms with Crippen LogP contribution in [-0.2, 0) is 14.3 Å². The maximum atomic E-state index is 13.6. The quantitative estimate of drug-likeness (QED) is 0.681. The van der Waals surface area contributed by atoms with Gasteiger partial charge < -0.3 is 20.7 Å². The number of nitrogens with two attached hydrogens (primary N) is 1. The van der Waals surface area contributed by atoms with Crippen LogP contribution < -0.4 is 16.0 Å². The third-order valence-corrected chi connectivity index (χ3v) is 6.94. The molecular formula is C25H25FN4O5. The van der Waals surface area contributed by atoms with Gasteiger partial charge in [-0.3, -0.25) is 14.4 Å². The molecule has 1 aliphatic carbocycles.